The van der Waals surface area contributed by atoms with E-state index in [1.807, 2.05) is 0 Å². The highest BCUT2D eigenvalue weighted by Gasteiger charge is 2.30. The number of hydrogen-bond donors (Lipinski definition) is 2. The van der Waals surface area contributed by atoms with Crippen LogP contribution in [0.15, 0.2) is 4.99 Å². The Balaban J connectivity index is 4.09. The SMILES string of the molecule is CCCCCCNC(=NC)NCC(C)(C)S(C)(=O)=O. The lowest BCUT2D eigenvalue weighted by molar-refractivity contribution is 0.543. The van der Waals surface area contributed by atoms with Crippen LogP contribution in [0.1, 0.15) is 46.5 Å². The maximum Gasteiger partial charge on any atom is 0.191 e. The number of nitrogens with zero attached hydrogens (tertiary/aromatic N) is 1. The smallest absolute Gasteiger partial charge is 0.191 e. The Morgan fingerprint density at radius 2 is 1.79 bits per heavy atom. The molecule has 0 heterocycles. The summed E-state index contributed by atoms with van der Waals surface area (Å²) in [7, 11) is -1.39. The molecule has 0 saturated heterocycles. The summed E-state index contributed by atoms with van der Waals surface area (Å²) in [4.78, 5) is 4.09. The van der Waals surface area contributed by atoms with Crippen molar-refractivity contribution < 1.29 is 8.42 Å². The van der Waals surface area contributed by atoms with E-state index >= 15 is 0 Å². The summed E-state index contributed by atoms with van der Waals surface area (Å²) in [5.74, 6) is 0.660. The van der Waals surface area contributed by atoms with Gasteiger partial charge in [0.2, 0.25) is 0 Å². The van der Waals surface area contributed by atoms with E-state index in [4.69, 9.17) is 0 Å². The number of aliphatic imine (C=N–C) groups is 1. The second kappa shape index (κ2) is 8.40. The molecule has 0 aliphatic heterocycles. The zero-order valence-electron chi connectivity index (χ0n) is 12.9. The zero-order valence-corrected chi connectivity index (χ0v) is 13.7. The van der Waals surface area contributed by atoms with Gasteiger partial charge in [-0.25, -0.2) is 8.42 Å². The first-order valence-corrected chi connectivity index (χ1v) is 8.78. The van der Waals surface area contributed by atoms with E-state index in [1.165, 1.54) is 25.5 Å². The highest BCUT2D eigenvalue weighted by Crippen LogP contribution is 2.13. The number of unbranched alkanes of at least 4 members (excludes halogenated alkanes) is 3. The van der Waals surface area contributed by atoms with Crippen LogP contribution in [-0.4, -0.2) is 45.5 Å². The average molecular weight is 291 g/mol. The van der Waals surface area contributed by atoms with Gasteiger partial charge in [-0.05, 0) is 20.3 Å². The Bertz CT molecular complexity index is 375. The van der Waals surface area contributed by atoms with E-state index < -0.39 is 14.6 Å². The van der Waals surface area contributed by atoms with Gasteiger partial charge in [0.1, 0.15) is 0 Å². The van der Waals surface area contributed by atoms with Gasteiger partial charge in [0.05, 0.1) is 4.75 Å². The fraction of sp³-hybridized carbons (Fsp3) is 0.923. The van der Waals surface area contributed by atoms with E-state index in [9.17, 15) is 8.42 Å². The van der Waals surface area contributed by atoms with Crippen molar-refractivity contribution in [3.05, 3.63) is 0 Å². The van der Waals surface area contributed by atoms with Gasteiger partial charge >= 0.3 is 0 Å². The van der Waals surface area contributed by atoms with Gasteiger partial charge in [0.15, 0.2) is 15.8 Å². The third kappa shape index (κ3) is 7.40. The minimum Gasteiger partial charge on any atom is -0.356 e. The molecule has 0 rings (SSSR count). The third-order valence-electron chi connectivity index (χ3n) is 3.23. The lowest BCUT2D eigenvalue weighted by Crippen LogP contribution is -2.47. The number of sulfone groups is 1. The van der Waals surface area contributed by atoms with E-state index in [1.54, 1.807) is 20.9 Å². The van der Waals surface area contributed by atoms with Crippen molar-refractivity contribution in [3.63, 3.8) is 0 Å². The minimum atomic E-state index is -3.08. The molecule has 0 spiro atoms. The van der Waals surface area contributed by atoms with Crippen LogP contribution in [0.25, 0.3) is 0 Å². The molecule has 0 bridgehead atoms. The molecule has 6 heteroatoms. The quantitative estimate of drug-likeness (QED) is 0.404. The maximum atomic E-state index is 11.6. The fourth-order valence-electron chi connectivity index (χ4n) is 1.41. The normalized spacial score (nSPS) is 13.4. The highest BCUT2D eigenvalue weighted by molar-refractivity contribution is 7.92. The molecule has 0 aliphatic rings. The summed E-state index contributed by atoms with van der Waals surface area (Å²) in [5, 5.41) is 6.26. The van der Waals surface area contributed by atoms with Crippen molar-refractivity contribution in [2.75, 3.05) is 26.4 Å². The van der Waals surface area contributed by atoms with Gasteiger partial charge in [0, 0.05) is 26.4 Å². The number of guanidine groups is 1. The maximum absolute atomic E-state index is 11.6. The third-order valence-corrected chi connectivity index (χ3v) is 5.38. The van der Waals surface area contributed by atoms with Crippen LogP contribution >= 0.6 is 0 Å². The molecule has 0 aliphatic carbocycles. The van der Waals surface area contributed by atoms with E-state index in [0.29, 0.717) is 12.5 Å². The van der Waals surface area contributed by atoms with Crippen molar-refractivity contribution in [3.8, 4) is 0 Å². The Morgan fingerprint density at radius 1 is 1.16 bits per heavy atom. The lowest BCUT2D eigenvalue weighted by atomic mass is 10.2. The highest BCUT2D eigenvalue weighted by atomic mass is 32.2. The van der Waals surface area contributed by atoms with Gasteiger partial charge in [0.25, 0.3) is 0 Å². The first-order chi connectivity index (χ1) is 8.74. The molecule has 114 valence electrons. The summed E-state index contributed by atoms with van der Waals surface area (Å²) in [5.41, 5.74) is 0. The monoisotopic (exact) mass is 291 g/mol. The molecule has 0 radical (unpaired) electrons. The summed E-state index contributed by atoms with van der Waals surface area (Å²) < 4.78 is 22.4. The standard InChI is InChI=1S/C13H29N3O2S/c1-6-7-8-9-10-15-12(14-4)16-11-13(2,3)19(5,17)18/h6-11H2,1-5H3,(H2,14,15,16). The van der Waals surface area contributed by atoms with Gasteiger partial charge in [-0.15, -0.1) is 0 Å². The van der Waals surface area contributed by atoms with E-state index in [0.717, 1.165) is 13.0 Å². The number of nitrogens with one attached hydrogen (secondary N) is 2. The van der Waals surface area contributed by atoms with E-state index in [2.05, 4.69) is 22.5 Å². The van der Waals surface area contributed by atoms with Crippen molar-refractivity contribution in [1.82, 2.24) is 10.6 Å². The molecule has 0 fully saturated rings. The Hall–Kier alpha value is -0.780. The van der Waals surface area contributed by atoms with Crippen molar-refractivity contribution in [1.29, 1.82) is 0 Å². The molecule has 0 aromatic carbocycles. The Kier molecular flexibility index (Phi) is 8.06. The lowest BCUT2D eigenvalue weighted by Gasteiger charge is -2.24. The van der Waals surface area contributed by atoms with Crippen molar-refractivity contribution in [2.24, 2.45) is 4.99 Å². The predicted octanol–water partition coefficient (Wildman–Crippen LogP) is 1.55. The molecule has 0 aromatic heterocycles. The molecule has 0 aromatic rings. The average Bonchev–Trinajstić information content (AvgIpc) is 2.31. The minimum absolute atomic E-state index is 0.348. The van der Waals surface area contributed by atoms with E-state index in [-0.39, 0.29) is 0 Å². The number of hydrogen-bond acceptors (Lipinski definition) is 3. The Labute approximate surface area is 118 Å². The van der Waals surface area contributed by atoms with Gasteiger partial charge in [-0.3, -0.25) is 4.99 Å². The zero-order chi connectivity index (χ0) is 14.9. The molecule has 0 unspecified atom stereocenters. The summed E-state index contributed by atoms with van der Waals surface area (Å²) >= 11 is 0. The van der Waals surface area contributed by atoms with Crippen molar-refractivity contribution in [2.45, 2.75) is 51.2 Å². The number of rotatable bonds is 8. The van der Waals surface area contributed by atoms with Gasteiger partial charge in [-0.2, -0.15) is 0 Å². The second-order valence-corrected chi connectivity index (χ2v) is 8.09. The first-order valence-electron chi connectivity index (χ1n) is 6.88. The summed E-state index contributed by atoms with van der Waals surface area (Å²) in [6, 6.07) is 0. The predicted molar refractivity (Wildman–Crippen MR) is 82.4 cm³/mol. The molecule has 19 heavy (non-hydrogen) atoms. The van der Waals surface area contributed by atoms with Crippen LogP contribution in [0.5, 0.6) is 0 Å². The van der Waals surface area contributed by atoms with Crippen LogP contribution in [0, 0.1) is 0 Å². The summed E-state index contributed by atoms with van der Waals surface area (Å²) in [6.07, 6.45) is 6.03. The van der Waals surface area contributed by atoms with Crippen molar-refractivity contribution >= 4 is 15.8 Å². The molecular formula is C13H29N3O2S. The fourth-order valence-corrected chi connectivity index (χ4v) is 1.74. The molecule has 2 N–H and O–H groups in total. The molecule has 0 atom stereocenters. The summed E-state index contributed by atoms with van der Waals surface area (Å²) in [6.45, 7) is 6.81. The Morgan fingerprint density at radius 3 is 2.26 bits per heavy atom. The largest absolute Gasteiger partial charge is 0.356 e. The molecule has 5 nitrogen and oxygen atoms in total. The van der Waals surface area contributed by atoms with Crippen LogP contribution in [0.4, 0.5) is 0 Å². The molecular weight excluding hydrogens is 262 g/mol. The van der Waals surface area contributed by atoms with Crippen LogP contribution in [0.3, 0.4) is 0 Å². The molecule has 0 saturated carbocycles. The second-order valence-electron chi connectivity index (χ2n) is 5.45. The van der Waals surface area contributed by atoms with Crippen LogP contribution < -0.4 is 10.6 Å². The van der Waals surface area contributed by atoms with Crippen LogP contribution in [0.2, 0.25) is 0 Å². The van der Waals surface area contributed by atoms with Gasteiger partial charge in [-0.1, -0.05) is 26.2 Å². The first kappa shape index (κ1) is 18.2. The molecule has 0 amide bonds. The van der Waals surface area contributed by atoms with Gasteiger partial charge < -0.3 is 10.6 Å². The topological polar surface area (TPSA) is 70.6 Å². The van der Waals surface area contributed by atoms with Crippen LogP contribution in [-0.2, 0) is 9.84 Å².